The van der Waals surface area contributed by atoms with Crippen molar-refractivity contribution in [2.45, 2.75) is 38.6 Å². The predicted octanol–water partition coefficient (Wildman–Crippen LogP) is 2.82. The van der Waals surface area contributed by atoms with Crippen LogP contribution in [0.3, 0.4) is 0 Å². The zero-order valence-electron chi connectivity index (χ0n) is 12.2. The third-order valence-electron chi connectivity index (χ3n) is 4.92. The highest BCUT2D eigenvalue weighted by Gasteiger charge is 2.40. The first-order valence-corrected chi connectivity index (χ1v) is 7.85. The molecule has 2 aliphatic rings. The minimum absolute atomic E-state index is 0.174. The molecule has 3 rings (SSSR count). The molecule has 3 nitrogen and oxygen atoms in total. The largest absolute Gasteiger partial charge is 0.363 e. The molecule has 20 heavy (non-hydrogen) atoms. The number of anilines is 1. The number of fused-ring (bicyclic) bond motifs is 2. The highest BCUT2D eigenvalue weighted by atomic mass is 16.2. The number of carbonyl (C=O) groups is 1. The van der Waals surface area contributed by atoms with Crippen molar-refractivity contribution >= 4 is 11.6 Å². The molecule has 0 aliphatic heterocycles. The maximum absolute atomic E-state index is 12.3. The molecule has 0 saturated heterocycles. The first-order valence-electron chi connectivity index (χ1n) is 7.85. The lowest BCUT2D eigenvalue weighted by atomic mass is 9.95. The Morgan fingerprint density at radius 2 is 2.05 bits per heavy atom. The van der Waals surface area contributed by atoms with E-state index < -0.39 is 0 Å². The summed E-state index contributed by atoms with van der Waals surface area (Å²) >= 11 is 0. The first-order chi connectivity index (χ1) is 9.76. The van der Waals surface area contributed by atoms with E-state index in [-0.39, 0.29) is 5.91 Å². The SMILES string of the molecule is CCN(CC(=O)N[C@@H]1C[C@H]2CC[C@H]1C2)c1ccccc1. The van der Waals surface area contributed by atoms with Gasteiger partial charge in [0, 0.05) is 18.3 Å². The van der Waals surface area contributed by atoms with Crippen molar-refractivity contribution < 1.29 is 4.79 Å². The molecule has 0 heterocycles. The van der Waals surface area contributed by atoms with Gasteiger partial charge in [-0.25, -0.2) is 0 Å². The van der Waals surface area contributed by atoms with Crippen molar-refractivity contribution in [1.82, 2.24) is 5.32 Å². The second-order valence-electron chi connectivity index (χ2n) is 6.20. The molecule has 1 amide bonds. The van der Waals surface area contributed by atoms with Crippen molar-refractivity contribution in [1.29, 1.82) is 0 Å². The molecule has 0 spiro atoms. The third-order valence-corrected chi connectivity index (χ3v) is 4.92. The average molecular weight is 272 g/mol. The fourth-order valence-electron chi connectivity index (χ4n) is 3.87. The molecule has 3 heteroatoms. The molecule has 1 aromatic rings. The number of hydrogen-bond acceptors (Lipinski definition) is 2. The van der Waals surface area contributed by atoms with Crippen LogP contribution in [0.4, 0.5) is 5.69 Å². The highest BCUT2D eigenvalue weighted by Crippen LogP contribution is 2.44. The molecule has 0 aromatic heterocycles. The maximum Gasteiger partial charge on any atom is 0.239 e. The zero-order valence-corrected chi connectivity index (χ0v) is 12.2. The van der Waals surface area contributed by atoms with E-state index in [0.717, 1.165) is 24.1 Å². The molecule has 1 aromatic carbocycles. The van der Waals surface area contributed by atoms with Gasteiger partial charge in [-0.15, -0.1) is 0 Å². The topological polar surface area (TPSA) is 32.3 Å². The van der Waals surface area contributed by atoms with E-state index in [9.17, 15) is 4.79 Å². The van der Waals surface area contributed by atoms with Gasteiger partial charge in [0.25, 0.3) is 0 Å². The maximum atomic E-state index is 12.3. The number of hydrogen-bond donors (Lipinski definition) is 1. The first kappa shape index (κ1) is 13.5. The number of likely N-dealkylation sites (N-methyl/N-ethyl adjacent to an activating group) is 1. The van der Waals surface area contributed by atoms with Crippen molar-refractivity contribution in [3.05, 3.63) is 30.3 Å². The van der Waals surface area contributed by atoms with E-state index in [2.05, 4.69) is 29.3 Å². The summed E-state index contributed by atoms with van der Waals surface area (Å²) in [4.78, 5) is 14.4. The molecule has 3 atom stereocenters. The average Bonchev–Trinajstić information content (AvgIpc) is 3.08. The van der Waals surface area contributed by atoms with Crippen LogP contribution in [0.25, 0.3) is 0 Å². The second-order valence-corrected chi connectivity index (χ2v) is 6.20. The van der Waals surface area contributed by atoms with Gasteiger partial charge in [0.2, 0.25) is 5.91 Å². The summed E-state index contributed by atoms with van der Waals surface area (Å²) < 4.78 is 0. The Morgan fingerprint density at radius 1 is 1.25 bits per heavy atom. The standard InChI is InChI=1S/C17H24N2O/c1-2-19(15-6-4-3-5-7-15)12-17(20)18-16-11-13-8-9-14(16)10-13/h3-7,13-14,16H,2,8-12H2,1H3,(H,18,20)/t13-,14-,16+/m0/s1. The molecular formula is C17H24N2O. The van der Waals surface area contributed by atoms with Gasteiger partial charge in [-0.2, -0.15) is 0 Å². The second kappa shape index (κ2) is 5.86. The number of para-hydroxylation sites is 1. The van der Waals surface area contributed by atoms with Gasteiger partial charge < -0.3 is 10.2 Å². The minimum atomic E-state index is 0.174. The van der Waals surface area contributed by atoms with Gasteiger partial charge >= 0.3 is 0 Å². The number of nitrogens with one attached hydrogen (secondary N) is 1. The summed E-state index contributed by atoms with van der Waals surface area (Å²) in [6.45, 7) is 3.42. The quantitative estimate of drug-likeness (QED) is 0.894. The van der Waals surface area contributed by atoms with E-state index in [4.69, 9.17) is 0 Å². The van der Waals surface area contributed by atoms with Crippen molar-refractivity contribution in [3.8, 4) is 0 Å². The lowest BCUT2D eigenvalue weighted by molar-refractivity contribution is -0.120. The van der Waals surface area contributed by atoms with Crippen molar-refractivity contribution in [2.75, 3.05) is 18.0 Å². The van der Waals surface area contributed by atoms with Crippen molar-refractivity contribution in [2.24, 2.45) is 11.8 Å². The molecule has 2 bridgehead atoms. The summed E-state index contributed by atoms with van der Waals surface area (Å²) in [5.74, 6) is 1.80. The predicted molar refractivity (Wildman–Crippen MR) is 81.7 cm³/mol. The van der Waals surface area contributed by atoms with Crippen LogP contribution in [0.2, 0.25) is 0 Å². The number of carbonyl (C=O) groups excluding carboxylic acids is 1. The number of rotatable bonds is 5. The van der Waals surface area contributed by atoms with Gasteiger partial charge in [-0.05, 0) is 50.2 Å². The Morgan fingerprint density at radius 3 is 2.65 bits per heavy atom. The van der Waals surface area contributed by atoms with Crippen LogP contribution in [-0.4, -0.2) is 25.0 Å². The summed E-state index contributed by atoms with van der Waals surface area (Å²) in [5, 5.41) is 3.26. The Hall–Kier alpha value is -1.51. The number of amides is 1. The van der Waals surface area contributed by atoms with Crippen LogP contribution in [0.15, 0.2) is 30.3 Å². The van der Waals surface area contributed by atoms with E-state index in [1.165, 1.54) is 25.7 Å². The fraction of sp³-hybridized carbons (Fsp3) is 0.588. The number of benzene rings is 1. The lowest BCUT2D eigenvalue weighted by Crippen LogP contribution is -2.44. The Labute approximate surface area is 121 Å². The number of nitrogens with zero attached hydrogens (tertiary/aromatic N) is 1. The van der Waals surface area contributed by atoms with Gasteiger partial charge in [-0.1, -0.05) is 24.6 Å². The van der Waals surface area contributed by atoms with Crippen LogP contribution in [0.1, 0.15) is 32.6 Å². The van der Waals surface area contributed by atoms with Gasteiger partial charge in [0.15, 0.2) is 0 Å². The van der Waals surface area contributed by atoms with Crippen LogP contribution < -0.4 is 10.2 Å². The minimum Gasteiger partial charge on any atom is -0.363 e. The van der Waals surface area contributed by atoms with Gasteiger partial charge in [-0.3, -0.25) is 4.79 Å². The van der Waals surface area contributed by atoms with Crippen LogP contribution >= 0.6 is 0 Å². The molecule has 2 fully saturated rings. The van der Waals surface area contributed by atoms with E-state index in [1.54, 1.807) is 0 Å². The molecule has 0 radical (unpaired) electrons. The van der Waals surface area contributed by atoms with E-state index in [1.807, 2.05) is 18.2 Å². The molecule has 1 N–H and O–H groups in total. The third kappa shape index (κ3) is 2.82. The smallest absolute Gasteiger partial charge is 0.239 e. The van der Waals surface area contributed by atoms with Crippen LogP contribution in [0, 0.1) is 11.8 Å². The molecular weight excluding hydrogens is 248 g/mol. The Balaban J connectivity index is 1.55. The summed E-state index contributed by atoms with van der Waals surface area (Å²) in [5.41, 5.74) is 1.12. The molecule has 0 unspecified atom stereocenters. The van der Waals surface area contributed by atoms with Gasteiger partial charge in [0.1, 0.15) is 0 Å². The lowest BCUT2D eigenvalue weighted by Gasteiger charge is -2.26. The normalized spacial score (nSPS) is 27.6. The zero-order chi connectivity index (χ0) is 13.9. The van der Waals surface area contributed by atoms with Crippen molar-refractivity contribution in [3.63, 3.8) is 0 Å². The monoisotopic (exact) mass is 272 g/mol. The van der Waals surface area contributed by atoms with Gasteiger partial charge in [0.05, 0.1) is 6.54 Å². The molecule has 2 aliphatic carbocycles. The Bertz CT molecular complexity index is 459. The van der Waals surface area contributed by atoms with Crippen LogP contribution in [-0.2, 0) is 4.79 Å². The van der Waals surface area contributed by atoms with E-state index >= 15 is 0 Å². The molecule has 2 saturated carbocycles. The molecule has 108 valence electrons. The summed E-state index contributed by atoms with van der Waals surface area (Å²) in [6.07, 6.45) is 5.23. The van der Waals surface area contributed by atoms with E-state index in [0.29, 0.717) is 12.6 Å². The highest BCUT2D eigenvalue weighted by molar-refractivity contribution is 5.81. The summed E-state index contributed by atoms with van der Waals surface area (Å²) in [6, 6.07) is 10.6. The fourth-order valence-corrected chi connectivity index (χ4v) is 3.87. The summed E-state index contributed by atoms with van der Waals surface area (Å²) in [7, 11) is 0. The Kier molecular flexibility index (Phi) is 3.95. The van der Waals surface area contributed by atoms with Crippen LogP contribution in [0.5, 0.6) is 0 Å².